The maximum atomic E-state index is 5.84. The highest BCUT2D eigenvalue weighted by Crippen LogP contribution is 2.24. The van der Waals surface area contributed by atoms with Crippen molar-refractivity contribution in [2.24, 2.45) is 5.73 Å². The molecule has 2 nitrogen and oxygen atoms in total. The molecule has 0 bridgehead atoms. The van der Waals surface area contributed by atoms with Crippen LogP contribution in [-0.2, 0) is 0 Å². The third-order valence-electron chi connectivity index (χ3n) is 1.63. The Morgan fingerprint density at radius 3 is 2.75 bits per heavy atom. The molecule has 0 spiro atoms. The minimum atomic E-state index is 0.0208. The van der Waals surface area contributed by atoms with Gasteiger partial charge in [-0.2, -0.15) is 0 Å². The Morgan fingerprint density at radius 2 is 2.25 bits per heavy atom. The summed E-state index contributed by atoms with van der Waals surface area (Å²) in [5, 5.41) is 0. The van der Waals surface area contributed by atoms with E-state index in [1.165, 1.54) is 0 Å². The van der Waals surface area contributed by atoms with Crippen molar-refractivity contribution in [1.29, 1.82) is 0 Å². The van der Waals surface area contributed by atoms with Gasteiger partial charge in [-0.1, -0.05) is 6.92 Å². The van der Waals surface area contributed by atoms with Crippen molar-refractivity contribution in [3.8, 4) is 0 Å². The first kappa shape index (κ1) is 10.2. The van der Waals surface area contributed by atoms with E-state index in [2.05, 4.69) is 36.8 Å². The van der Waals surface area contributed by atoms with E-state index in [1.807, 2.05) is 13.0 Å². The van der Waals surface area contributed by atoms with E-state index in [9.17, 15) is 0 Å². The lowest BCUT2D eigenvalue weighted by Crippen LogP contribution is -2.11. The van der Waals surface area contributed by atoms with Gasteiger partial charge in [0.1, 0.15) is 0 Å². The van der Waals surface area contributed by atoms with E-state index in [0.29, 0.717) is 0 Å². The Labute approximate surface area is 88.8 Å². The largest absolute Gasteiger partial charge is 0.323 e. The highest BCUT2D eigenvalue weighted by atomic mass is 79.9. The third-order valence-corrected chi connectivity index (χ3v) is 2.70. The average Bonchev–Trinajstić information content (AvgIpc) is 2.03. The molecule has 1 aromatic rings. The number of pyridine rings is 1. The van der Waals surface area contributed by atoms with Crippen LogP contribution in [0.5, 0.6) is 0 Å². The number of nitrogens with two attached hydrogens (primary N) is 1. The molecule has 0 amide bonds. The topological polar surface area (TPSA) is 38.9 Å². The number of rotatable bonds is 2. The zero-order valence-corrected chi connectivity index (χ0v) is 9.89. The molecule has 0 saturated carbocycles. The molecular weight excluding hydrogens is 284 g/mol. The summed E-state index contributed by atoms with van der Waals surface area (Å²) in [5.41, 5.74) is 6.75. The fourth-order valence-corrected chi connectivity index (χ4v) is 2.17. The summed E-state index contributed by atoms with van der Waals surface area (Å²) in [6, 6.07) is 1.98. The molecule has 1 aromatic heterocycles. The van der Waals surface area contributed by atoms with Gasteiger partial charge in [0.15, 0.2) is 0 Å². The van der Waals surface area contributed by atoms with Crippen LogP contribution in [0.2, 0.25) is 0 Å². The second-order valence-electron chi connectivity index (χ2n) is 2.54. The lowest BCUT2D eigenvalue weighted by Gasteiger charge is -2.09. The zero-order valence-electron chi connectivity index (χ0n) is 6.72. The number of hydrogen-bond donors (Lipinski definition) is 1. The highest BCUT2D eigenvalue weighted by molar-refractivity contribution is 9.11. The van der Waals surface area contributed by atoms with Gasteiger partial charge in [-0.3, -0.25) is 4.98 Å². The van der Waals surface area contributed by atoms with Gasteiger partial charge < -0.3 is 5.73 Å². The maximum absolute atomic E-state index is 5.84. The summed E-state index contributed by atoms with van der Waals surface area (Å²) in [7, 11) is 0. The Bertz CT molecular complexity index is 276. The van der Waals surface area contributed by atoms with Crippen molar-refractivity contribution in [2.45, 2.75) is 19.4 Å². The van der Waals surface area contributed by atoms with E-state index in [0.717, 1.165) is 21.1 Å². The smallest absolute Gasteiger partial charge is 0.0713 e. The predicted molar refractivity (Wildman–Crippen MR) is 56.9 cm³/mol. The van der Waals surface area contributed by atoms with Crippen molar-refractivity contribution < 1.29 is 0 Å². The molecule has 4 heteroatoms. The van der Waals surface area contributed by atoms with Crippen LogP contribution in [0.3, 0.4) is 0 Å². The molecule has 66 valence electrons. The number of nitrogens with zero attached hydrogens (tertiary/aromatic N) is 1. The van der Waals surface area contributed by atoms with Crippen LogP contribution in [0.1, 0.15) is 25.1 Å². The van der Waals surface area contributed by atoms with Crippen molar-refractivity contribution in [2.75, 3.05) is 0 Å². The van der Waals surface area contributed by atoms with Crippen molar-refractivity contribution >= 4 is 31.9 Å². The first-order valence-electron chi connectivity index (χ1n) is 3.71. The number of hydrogen-bond acceptors (Lipinski definition) is 2. The van der Waals surface area contributed by atoms with Crippen LogP contribution in [-0.4, -0.2) is 4.98 Å². The fraction of sp³-hybridized carbons (Fsp3) is 0.375. The Morgan fingerprint density at radius 1 is 1.58 bits per heavy atom. The molecule has 0 radical (unpaired) electrons. The molecule has 0 unspecified atom stereocenters. The van der Waals surface area contributed by atoms with Crippen LogP contribution >= 0.6 is 31.9 Å². The Kier molecular flexibility index (Phi) is 3.68. The second-order valence-corrected chi connectivity index (χ2v) is 4.31. The first-order chi connectivity index (χ1) is 5.65. The van der Waals surface area contributed by atoms with Gasteiger partial charge in [-0.05, 0) is 44.3 Å². The van der Waals surface area contributed by atoms with E-state index >= 15 is 0 Å². The number of halogens is 2. The second kappa shape index (κ2) is 4.35. The average molecular weight is 294 g/mol. The SMILES string of the molecule is CC[C@@H](N)c1ncc(Br)cc1Br. The summed E-state index contributed by atoms with van der Waals surface area (Å²) in [4.78, 5) is 4.23. The standard InChI is InChI=1S/C8H10Br2N2/c1-2-7(11)8-6(10)3-5(9)4-12-8/h3-4,7H,2,11H2,1H3/t7-/m1/s1. The summed E-state index contributed by atoms with van der Waals surface area (Å²) >= 11 is 6.75. The quantitative estimate of drug-likeness (QED) is 0.910. The van der Waals surface area contributed by atoms with Gasteiger partial charge in [0, 0.05) is 21.2 Å². The van der Waals surface area contributed by atoms with Crippen LogP contribution in [0, 0.1) is 0 Å². The molecule has 0 aliphatic carbocycles. The minimum Gasteiger partial charge on any atom is -0.323 e. The monoisotopic (exact) mass is 292 g/mol. The van der Waals surface area contributed by atoms with Gasteiger partial charge >= 0.3 is 0 Å². The van der Waals surface area contributed by atoms with Gasteiger partial charge in [0.05, 0.1) is 5.69 Å². The van der Waals surface area contributed by atoms with Crippen LogP contribution in [0.4, 0.5) is 0 Å². The van der Waals surface area contributed by atoms with Gasteiger partial charge in [-0.25, -0.2) is 0 Å². The van der Waals surface area contributed by atoms with E-state index < -0.39 is 0 Å². The van der Waals surface area contributed by atoms with Gasteiger partial charge in [0.2, 0.25) is 0 Å². The molecule has 0 aromatic carbocycles. The van der Waals surface area contributed by atoms with Gasteiger partial charge in [0.25, 0.3) is 0 Å². The molecular formula is C8H10Br2N2. The Balaban J connectivity index is 3.01. The number of aromatic nitrogens is 1. The van der Waals surface area contributed by atoms with Crippen molar-refractivity contribution in [3.05, 3.63) is 26.9 Å². The highest BCUT2D eigenvalue weighted by Gasteiger charge is 2.08. The first-order valence-corrected chi connectivity index (χ1v) is 5.30. The van der Waals surface area contributed by atoms with Crippen molar-refractivity contribution in [1.82, 2.24) is 4.98 Å². The zero-order chi connectivity index (χ0) is 9.14. The summed E-state index contributed by atoms with van der Waals surface area (Å²) in [5.74, 6) is 0. The van der Waals surface area contributed by atoms with E-state index in [1.54, 1.807) is 6.20 Å². The molecule has 1 atom stereocenters. The molecule has 1 rings (SSSR count). The minimum absolute atomic E-state index is 0.0208. The summed E-state index contributed by atoms with van der Waals surface area (Å²) in [6.45, 7) is 2.04. The molecule has 1 heterocycles. The molecule has 0 aliphatic heterocycles. The lowest BCUT2D eigenvalue weighted by atomic mass is 10.1. The normalized spacial score (nSPS) is 13.0. The van der Waals surface area contributed by atoms with Crippen LogP contribution < -0.4 is 5.73 Å². The Hall–Kier alpha value is 0.0700. The lowest BCUT2D eigenvalue weighted by molar-refractivity contribution is 0.671. The van der Waals surface area contributed by atoms with E-state index in [4.69, 9.17) is 5.73 Å². The third kappa shape index (κ3) is 2.28. The molecule has 2 N–H and O–H groups in total. The van der Waals surface area contributed by atoms with E-state index in [-0.39, 0.29) is 6.04 Å². The van der Waals surface area contributed by atoms with Gasteiger partial charge in [-0.15, -0.1) is 0 Å². The maximum Gasteiger partial charge on any atom is 0.0713 e. The molecule has 12 heavy (non-hydrogen) atoms. The molecule has 0 fully saturated rings. The molecule has 0 aliphatic rings. The fourth-order valence-electron chi connectivity index (χ4n) is 0.891. The molecule has 0 saturated heterocycles. The van der Waals surface area contributed by atoms with Crippen molar-refractivity contribution in [3.63, 3.8) is 0 Å². The van der Waals surface area contributed by atoms with Crippen LogP contribution in [0.15, 0.2) is 21.2 Å². The predicted octanol–water partition coefficient (Wildman–Crippen LogP) is 3.02. The summed E-state index contributed by atoms with van der Waals surface area (Å²) < 4.78 is 1.92. The van der Waals surface area contributed by atoms with Crippen LogP contribution in [0.25, 0.3) is 0 Å². The summed E-state index contributed by atoms with van der Waals surface area (Å²) in [6.07, 6.45) is 2.66.